The van der Waals surface area contributed by atoms with Crippen molar-refractivity contribution >= 4 is 17.8 Å². The summed E-state index contributed by atoms with van der Waals surface area (Å²) in [5.74, 6) is 1.10. The summed E-state index contributed by atoms with van der Waals surface area (Å²) < 4.78 is 5.07. The molecule has 1 fully saturated rings. The molecule has 3 heteroatoms. The predicted molar refractivity (Wildman–Crippen MR) is 92.0 cm³/mol. The van der Waals surface area contributed by atoms with Crippen LogP contribution in [0.15, 0.2) is 42.5 Å². The second kappa shape index (κ2) is 7.40. The van der Waals surface area contributed by atoms with Crippen LogP contribution in [0.5, 0.6) is 5.75 Å². The zero-order valence-electron chi connectivity index (χ0n) is 14.0. The minimum Gasteiger partial charge on any atom is -0.423 e. The van der Waals surface area contributed by atoms with Gasteiger partial charge in [0.05, 0.1) is 0 Å². The Morgan fingerprint density at radius 2 is 1.91 bits per heavy atom. The number of esters is 1. The summed E-state index contributed by atoms with van der Waals surface area (Å²) in [6.07, 6.45) is 4.88. The molecule has 0 N–H and O–H groups in total. The molecule has 1 aliphatic carbocycles. The van der Waals surface area contributed by atoms with E-state index in [-0.39, 0.29) is 5.92 Å². The molecule has 23 heavy (non-hydrogen) atoms. The van der Waals surface area contributed by atoms with Crippen molar-refractivity contribution in [2.75, 3.05) is 0 Å². The Morgan fingerprint density at radius 3 is 2.48 bits per heavy atom. The molecule has 2 atom stereocenters. The Bertz CT molecular complexity index is 623. The van der Waals surface area contributed by atoms with Gasteiger partial charge < -0.3 is 4.74 Å². The summed E-state index contributed by atoms with van der Waals surface area (Å²) in [7, 11) is 0. The van der Waals surface area contributed by atoms with Crippen molar-refractivity contribution in [2.45, 2.75) is 33.6 Å². The smallest absolute Gasteiger partial charge is 0.335 e. The summed E-state index contributed by atoms with van der Waals surface area (Å²) in [5, 5.41) is 0. The van der Waals surface area contributed by atoms with Crippen LogP contribution in [0.1, 0.15) is 39.2 Å². The number of hydrogen-bond acceptors (Lipinski definition) is 3. The second-order valence-electron chi connectivity index (χ2n) is 6.61. The van der Waals surface area contributed by atoms with Crippen molar-refractivity contribution in [3.63, 3.8) is 0 Å². The topological polar surface area (TPSA) is 43.4 Å². The lowest BCUT2D eigenvalue weighted by Crippen LogP contribution is -2.29. The highest BCUT2D eigenvalue weighted by Crippen LogP contribution is 2.36. The maximum atomic E-state index is 12.3. The van der Waals surface area contributed by atoms with Gasteiger partial charge in [-0.15, -0.1) is 0 Å². The van der Waals surface area contributed by atoms with Gasteiger partial charge in [-0.3, -0.25) is 4.79 Å². The van der Waals surface area contributed by atoms with Crippen LogP contribution >= 0.6 is 0 Å². The summed E-state index contributed by atoms with van der Waals surface area (Å²) in [6, 6.07) is 7.32. The largest absolute Gasteiger partial charge is 0.423 e. The molecule has 2 unspecified atom stereocenters. The SMILES string of the molecule is C=CC(=O)Oc1ccc(C=C2CC(C)CC(=O)C2C(C)C)cc1. The third-order valence-corrected chi connectivity index (χ3v) is 4.16. The number of allylic oxidation sites excluding steroid dienone is 1. The molecule has 0 aromatic heterocycles. The summed E-state index contributed by atoms with van der Waals surface area (Å²) in [4.78, 5) is 23.5. The van der Waals surface area contributed by atoms with Crippen LogP contribution in [0.4, 0.5) is 0 Å². The monoisotopic (exact) mass is 312 g/mol. The van der Waals surface area contributed by atoms with Gasteiger partial charge in [0.15, 0.2) is 0 Å². The van der Waals surface area contributed by atoms with Crippen molar-refractivity contribution < 1.29 is 14.3 Å². The quantitative estimate of drug-likeness (QED) is 0.469. The molecule has 1 aromatic rings. The molecule has 0 heterocycles. The van der Waals surface area contributed by atoms with Crippen LogP contribution in [-0.2, 0) is 9.59 Å². The molecule has 1 saturated carbocycles. The zero-order valence-corrected chi connectivity index (χ0v) is 14.0. The number of benzene rings is 1. The van der Waals surface area contributed by atoms with Gasteiger partial charge in [-0.05, 0) is 36.0 Å². The van der Waals surface area contributed by atoms with Gasteiger partial charge in [-0.1, -0.05) is 51.1 Å². The van der Waals surface area contributed by atoms with Gasteiger partial charge in [-0.25, -0.2) is 4.79 Å². The van der Waals surface area contributed by atoms with Gasteiger partial charge in [0.2, 0.25) is 0 Å². The minimum absolute atomic E-state index is 0.0180. The Balaban J connectivity index is 2.22. The average Bonchev–Trinajstić information content (AvgIpc) is 2.48. The second-order valence-corrected chi connectivity index (χ2v) is 6.61. The average molecular weight is 312 g/mol. The molecule has 3 nitrogen and oxygen atoms in total. The highest BCUT2D eigenvalue weighted by molar-refractivity contribution is 5.87. The van der Waals surface area contributed by atoms with Gasteiger partial charge in [0, 0.05) is 18.4 Å². The fourth-order valence-electron chi connectivity index (χ4n) is 3.23. The van der Waals surface area contributed by atoms with E-state index in [1.165, 1.54) is 5.57 Å². The van der Waals surface area contributed by atoms with Gasteiger partial charge in [0.1, 0.15) is 11.5 Å². The van der Waals surface area contributed by atoms with Crippen LogP contribution in [0.25, 0.3) is 6.08 Å². The van der Waals surface area contributed by atoms with Crippen molar-refractivity contribution in [1.82, 2.24) is 0 Å². The van der Waals surface area contributed by atoms with E-state index in [0.29, 0.717) is 29.8 Å². The van der Waals surface area contributed by atoms with E-state index in [2.05, 4.69) is 33.4 Å². The number of hydrogen-bond donors (Lipinski definition) is 0. The van der Waals surface area contributed by atoms with E-state index < -0.39 is 5.97 Å². The molecule has 0 saturated heterocycles. The maximum Gasteiger partial charge on any atom is 0.335 e. The van der Waals surface area contributed by atoms with Gasteiger partial charge in [0.25, 0.3) is 0 Å². The molecule has 0 radical (unpaired) electrons. The summed E-state index contributed by atoms with van der Waals surface area (Å²) >= 11 is 0. The van der Waals surface area contributed by atoms with Crippen LogP contribution in [0.3, 0.4) is 0 Å². The number of rotatable bonds is 4. The molecule has 0 amide bonds. The van der Waals surface area contributed by atoms with Crippen molar-refractivity contribution in [1.29, 1.82) is 0 Å². The number of ether oxygens (including phenoxy) is 1. The molecule has 0 aliphatic heterocycles. The molecular formula is C20H24O3. The van der Waals surface area contributed by atoms with Crippen LogP contribution < -0.4 is 4.74 Å². The number of Topliss-reactive ketones (excluding diaryl/α,β-unsaturated/α-hetero) is 1. The lowest BCUT2D eigenvalue weighted by Gasteiger charge is -2.31. The highest BCUT2D eigenvalue weighted by Gasteiger charge is 2.32. The first-order valence-electron chi connectivity index (χ1n) is 8.08. The fourth-order valence-corrected chi connectivity index (χ4v) is 3.23. The third kappa shape index (κ3) is 4.41. The van der Waals surface area contributed by atoms with Crippen molar-refractivity contribution in [2.24, 2.45) is 17.8 Å². The Morgan fingerprint density at radius 1 is 1.26 bits per heavy atom. The molecular weight excluding hydrogens is 288 g/mol. The highest BCUT2D eigenvalue weighted by atomic mass is 16.5. The first-order chi connectivity index (χ1) is 10.9. The molecule has 0 spiro atoms. The molecule has 2 rings (SSSR count). The van der Waals surface area contributed by atoms with E-state index in [9.17, 15) is 9.59 Å². The third-order valence-electron chi connectivity index (χ3n) is 4.16. The summed E-state index contributed by atoms with van der Waals surface area (Å²) in [5.41, 5.74) is 2.23. The van der Waals surface area contributed by atoms with Crippen LogP contribution in [0.2, 0.25) is 0 Å². The van der Waals surface area contributed by atoms with Gasteiger partial charge in [-0.2, -0.15) is 0 Å². The number of carbonyl (C=O) groups excluding carboxylic acids is 2. The van der Waals surface area contributed by atoms with Crippen LogP contribution in [0, 0.1) is 17.8 Å². The van der Waals surface area contributed by atoms with E-state index in [0.717, 1.165) is 18.1 Å². The summed E-state index contributed by atoms with van der Waals surface area (Å²) in [6.45, 7) is 9.70. The van der Waals surface area contributed by atoms with Crippen molar-refractivity contribution in [3.05, 3.63) is 48.1 Å². The lowest BCUT2D eigenvalue weighted by molar-refractivity contribution is -0.129. The Kier molecular flexibility index (Phi) is 5.54. The normalized spacial score (nSPS) is 23.1. The Labute approximate surface area is 138 Å². The van der Waals surface area contributed by atoms with E-state index >= 15 is 0 Å². The minimum atomic E-state index is -0.470. The molecule has 1 aliphatic rings. The molecule has 122 valence electrons. The molecule has 1 aromatic carbocycles. The molecule has 0 bridgehead atoms. The van der Waals surface area contributed by atoms with E-state index in [4.69, 9.17) is 4.74 Å². The first kappa shape index (κ1) is 17.2. The fraction of sp³-hybridized carbons (Fsp3) is 0.400. The standard InChI is InChI=1S/C20H24O3/c1-5-19(22)23-17-8-6-15(7-9-17)12-16-10-14(4)11-18(21)20(16)13(2)3/h5-9,12-14,20H,1,10-11H2,2-4H3. The first-order valence-corrected chi connectivity index (χ1v) is 8.08. The van der Waals surface area contributed by atoms with E-state index in [1.54, 1.807) is 12.1 Å². The van der Waals surface area contributed by atoms with Crippen LogP contribution in [-0.4, -0.2) is 11.8 Å². The predicted octanol–water partition coefficient (Wildman–Crippen LogP) is 4.43. The zero-order chi connectivity index (χ0) is 17.0. The van der Waals surface area contributed by atoms with Gasteiger partial charge >= 0.3 is 5.97 Å². The number of carbonyl (C=O) groups is 2. The van der Waals surface area contributed by atoms with Crippen molar-refractivity contribution in [3.8, 4) is 5.75 Å². The number of ketones is 1. The maximum absolute atomic E-state index is 12.3. The lowest BCUT2D eigenvalue weighted by atomic mass is 9.72. The Hall–Kier alpha value is -2.16. The van der Waals surface area contributed by atoms with E-state index in [1.807, 2.05) is 12.1 Å².